The Hall–Kier alpha value is -1.33. The van der Waals surface area contributed by atoms with Crippen molar-refractivity contribution in [1.82, 2.24) is 15.2 Å². The van der Waals surface area contributed by atoms with Gasteiger partial charge in [-0.2, -0.15) is 0 Å². The summed E-state index contributed by atoms with van der Waals surface area (Å²) in [6, 6.07) is 8.57. The Labute approximate surface area is 117 Å². The Bertz CT molecular complexity index is 566. The molecule has 2 atom stereocenters. The van der Waals surface area contributed by atoms with Crippen LogP contribution in [0.15, 0.2) is 29.4 Å². The molecular weight excluding hydrogens is 256 g/mol. The summed E-state index contributed by atoms with van der Waals surface area (Å²) in [5.74, 6) is 0.852. The second-order valence-electron chi connectivity index (χ2n) is 4.98. The molecule has 1 aliphatic carbocycles. The van der Waals surface area contributed by atoms with Gasteiger partial charge in [0.1, 0.15) is 5.82 Å². The van der Waals surface area contributed by atoms with Gasteiger partial charge in [0.2, 0.25) is 5.16 Å². The van der Waals surface area contributed by atoms with Crippen molar-refractivity contribution in [3.05, 3.63) is 41.2 Å². The minimum absolute atomic E-state index is 0.0579. The Kier molecular flexibility index (Phi) is 3.57. The molecule has 3 rings (SSSR count). The molecule has 0 saturated heterocycles. The Morgan fingerprint density at radius 3 is 3.00 bits per heavy atom. The third-order valence-corrected chi connectivity index (χ3v) is 4.81. The molecule has 1 heterocycles. The number of thioether (sulfide) groups is 1. The van der Waals surface area contributed by atoms with E-state index >= 15 is 0 Å². The van der Waals surface area contributed by atoms with E-state index in [1.807, 2.05) is 6.92 Å². The number of nitrogens with two attached hydrogens (primary N) is 1. The molecule has 0 saturated carbocycles. The van der Waals surface area contributed by atoms with Crippen molar-refractivity contribution in [1.29, 1.82) is 0 Å². The number of H-pyrrole nitrogens is 1. The second-order valence-corrected chi connectivity index (χ2v) is 6.18. The van der Waals surface area contributed by atoms with E-state index in [-0.39, 0.29) is 6.04 Å². The normalized spacial score (nSPS) is 22.8. The number of rotatable bonds is 2. The number of fused-ring (bicyclic) bond motifs is 1. The molecule has 19 heavy (non-hydrogen) atoms. The first-order valence-corrected chi connectivity index (χ1v) is 7.51. The molecule has 0 amide bonds. The second kappa shape index (κ2) is 5.35. The largest absolute Gasteiger partial charge is 0.323 e. The minimum Gasteiger partial charge on any atom is -0.323 e. The van der Waals surface area contributed by atoms with Gasteiger partial charge in [0.15, 0.2) is 0 Å². The van der Waals surface area contributed by atoms with Crippen LogP contribution in [0, 0.1) is 6.92 Å². The van der Waals surface area contributed by atoms with Crippen molar-refractivity contribution in [2.75, 3.05) is 0 Å². The molecule has 4 nitrogen and oxygen atoms in total. The van der Waals surface area contributed by atoms with Crippen LogP contribution in [0.4, 0.5) is 0 Å². The molecule has 100 valence electrons. The van der Waals surface area contributed by atoms with E-state index in [1.165, 1.54) is 17.5 Å². The van der Waals surface area contributed by atoms with Crippen molar-refractivity contribution >= 4 is 11.8 Å². The van der Waals surface area contributed by atoms with Crippen LogP contribution in [0.1, 0.15) is 35.8 Å². The van der Waals surface area contributed by atoms with Gasteiger partial charge >= 0.3 is 0 Å². The Morgan fingerprint density at radius 2 is 2.21 bits per heavy atom. The zero-order valence-electron chi connectivity index (χ0n) is 11.0. The monoisotopic (exact) mass is 274 g/mol. The SMILES string of the molecule is Cc1nc(SC2CCCc3ccccc3C2N)n[nH]1. The number of hydrogen-bond donors (Lipinski definition) is 2. The summed E-state index contributed by atoms with van der Waals surface area (Å²) >= 11 is 1.69. The van der Waals surface area contributed by atoms with E-state index in [4.69, 9.17) is 5.73 Å². The maximum Gasteiger partial charge on any atom is 0.208 e. The molecule has 1 aromatic carbocycles. The number of nitrogens with zero attached hydrogens (tertiary/aromatic N) is 2. The number of benzene rings is 1. The number of hydrogen-bond acceptors (Lipinski definition) is 4. The molecule has 0 spiro atoms. The predicted molar refractivity (Wildman–Crippen MR) is 77.1 cm³/mol. The molecule has 1 aromatic heterocycles. The van der Waals surface area contributed by atoms with E-state index in [9.17, 15) is 0 Å². The molecule has 2 aromatic rings. The Morgan fingerprint density at radius 1 is 1.37 bits per heavy atom. The van der Waals surface area contributed by atoms with E-state index in [1.54, 1.807) is 11.8 Å². The highest BCUT2D eigenvalue weighted by Gasteiger charge is 2.26. The number of nitrogens with one attached hydrogen (secondary N) is 1. The van der Waals surface area contributed by atoms with Gasteiger partial charge in [-0.25, -0.2) is 4.98 Å². The third kappa shape index (κ3) is 2.67. The van der Waals surface area contributed by atoms with E-state index in [0.717, 1.165) is 23.8 Å². The van der Waals surface area contributed by atoms with Crippen molar-refractivity contribution in [3.8, 4) is 0 Å². The minimum atomic E-state index is 0.0579. The molecule has 2 unspecified atom stereocenters. The summed E-state index contributed by atoms with van der Waals surface area (Å²) in [6.07, 6.45) is 3.40. The topological polar surface area (TPSA) is 67.6 Å². The highest BCUT2D eigenvalue weighted by Crippen LogP contribution is 2.36. The Balaban J connectivity index is 1.83. The lowest BCUT2D eigenvalue weighted by molar-refractivity contribution is 0.630. The van der Waals surface area contributed by atoms with E-state index < -0.39 is 0 Å². The molecule has 1 aliphatic rings. The van der Waals surface area contributed by atoms with Crippen molar-refractivity contribution in [2.45, 2.75) is 42.6 Å². The van der Waals surface area contributed by atoms with Gasteiger partial charge in [0.25, 0.3) is 0 Å². The first-order chi connectivity index (χ1) is 9.24. The van der Waals surface area contributed by atoms with Gasteiger partial charge < -0.3 is 5.73 Å². The van der Waals surface area contributed by atoms with Crippen LogP contribution in [-0.2, 0) is 6.42 Å². The quantitative estimate of drug-likeness (QED) is 0.826. The van der Waals surface area contributed by atoms with Gasteiger partial charge in [0.05, 0.1) is 0 Å². The third-order valence-electron chi connectivity index (χ3n) is 3.58. The van der Waals surface area contributed by atoms with Crippen molar-refractivity contribution in [3.63, 3.8) is 0 Å². The van der Waals surface area contributed by atoms with Crippen LogP contribution >= 0.6 is 11.8 Å². The molecule has 3 N–H and O–H groups in total. The maximum absolute atomic E-state index is 6.46. The van der Waals surface area contributed by atoms with Crippen LogP contribution < -0.4 is 5.73 Å². The van der Waals surface area contributed by atoms with Gasteiger partial charge in [-0.15, -0.1) is 5.10 Å². The standard InChI is InChI=1S/C14H18N4S/c1-9-16-14(18-17-9)19-12-8-4-6-10-5-2-3-7-11(10)13(12)15/h2-3,5,7,12-13H,4,6,8,15H2,1H3,(H,16,17,18). The highest BCUT2D eigenvalue weighted by atomic mass is 32.2. The predicted octanol–water partition coefficient (Wildman–Crippen LogP) is 2.61. The molecule has 0 aliphatic heterocycles. The van der Waals surface area contributed by atoms with Gasteiger partial charge in [-0.1, -0.05) is 36.0 Å². The summed E-state index contributed by atoms with van der Waals surface area (Å²) < 4.78 is 0. The lowest BCUT2D eigenvalue weighted by atomic mass is 10.00. The number of aromatic nitrogens is 3. The average molecular weight is 274 g/mol. The van der Waals surface area contributed by atoms with Crippen LogP contribution in [-0.4, -0.2) is 20.4 Å². The molecule has 0 fully saturated rings. The first-order valence-electron chi connectivity index (χ1n) is 6.63. The maximum atomic E-state index is 6.46. The fourth-order valence-electron chi connectivity index (χ4n) is 2.60. The summed E-state index contributed by atoms with van der Waals surface area (Å²) in [6.45, 7) is 1.92. The zero-order chi connectivity index (χ0) is 13.2. The van der Waals surface area contributed by atoms with Crippen molar-refractivity contribution < 1.29 is 0 Å². The summed E-state index contributed by atoms with van der Waals surface area (Å²) in [5, 5.41) is 8.24. The van der Waals surface area contributed by atoms with Crippen LogP contribution in [0.5, 0.6) is 0 Å². The van der Waals surface area contributed by atoms with Crippen LogP contribution in [0.25, 0.3) is 0 Å². The highest BCUT2D eigenvalue weighted by molar-refractivity contribution is 7.99. The summed E-state index contributed by atoms with van der Waals surface area (Å²) in [5.41, 5.74) is 9.13. The van der Waals surface area contributed by atoms with E-state index in [2.05, 4.69) is 39.4 Å². The van der Waals surface area contributed by atoms with E-state index in [0.29, 0.717) is 5.25 Å². The van der Waals surface area contributed by atoms with Crippen molar-refractivity contribution in [2.24, 2.45) is 5.73 Å². The smallest absolute Gasteiger partial charge is 0.208 e. The number of aryl methyl sites for hydroxylation is 2. The summed E-state index contributed by atoms with van der Waals surface area (Å²) in [4.78, 5) is 4.37. The first kappa shape index (κ1) is 12.7. The van der Waals surface area contributed by atoms with Gasteiger partial charge in [-0.05, 0) is 37.3 Å². The number of aromatic amines is 1. The van der Waals surface area contributed by atoms with Crippen LogP contribution in [0.2, 0.25) is 0 Å². The zero-order valence-corrected chi connectivity index (χ0v) is 11.8. The fourth-order valence-corrected chi connectivity index (χ4v) is 3.74. The molecule has 5 heteroatoms. The lowest BCUT2D eigenvalue weighted by Gasteiger charge is -2.21. The molecular formula is C14H18N4S. The molecule has 0 radical (unpaired) electrons. The fraction of sp³-hybridized carbons (Fsp3) is 0.429. The van der Waals surface area contributed by atoms with Crippen LogP contribution in [0.3, 0.4) is 0 Å². The average Bonchev–Trinajstić information content (AvgIpc) is 2.75. The lowest BCUT2D eigenvalue weighted by Crippen LogP contribution is -2.23. The molecule has 0 bridgehead atoms. The van der Waals surface area contributed by atoms with Gasteiger partial charge in [-0.3, -0.25) is 5.10 Å². The summed E-state index contributed by atoms with van der Waals surface area (Å²) in [7, 11) is 0. The van der Waals surface area contributed by atoms with Gasteiger partial charge in [0, 0.05) is 11.3 Å².